The first-order chi connectivity index (χ1) is 9.26. The lowest BCUT2D eigenvalue weighted by atomic mass is 10.2. The van der Waals surface area contributed by atoms with Crippen LogP contribution in [0.25, 0.3) is 0 Å². The number of aryl methyl sites for hydroxylation is 1. The molecule has 7 nitrogen and oxygen atoms in total. The number of methoxy groups -OCH3 is 1. The summed E-state index contributed by atoms with van der Waals surface area (Å²) in [4.78, 5) is 11.0. The molecule has 0 saturated heterocycles. The van der Waals surface area contributed by atoms with Crippen molar-refractivity contribution in [1.29, 1.82) is 0 Å². The summed E-state index contributed by atoms with van der Waals surface area (Å²) in [7, 11) is -1.15. The predicted octanol–water partition coefficient (Wildman–Crippen LogP) is 0.852. The Morgan fingerprint density at radius 2 is 2.10 bits per heavy atom. The van der Waals surface area contributed by atoms with E-state index in [9.17, 15) is 18.3 Å². The first kappa shape index (κ1) is 16.3. The smallest absolute Gasteiger partial charge is 0.306 e. The van der Waals surface area contributed by atoms with Crippen molar-refractivity contribution < 1.29 is 23.1 Å². The van der Waals surface area contributed by atoms with E-state index in [0.29, 0.717) is 11.3 Å². The van der Waals surface area contributed by atoms with E-state index < -0.39 is 16.2 Å². The van der Waals surface area contributed by atoms with Crippen LogP contribution in [-0.2, 0) is 19.7 Å². The molecular formula is C12H18N2O5S. The fourth-order valence-corrected chi connectivity index (χ4v) is 2.33. The van der Waals surface area contributed by atoms with Gasteiger partial charge < -0.3 is 9.84 Å². The molecule has 1 aromatic rings. The van der Waals surface area contributed by atoms with E-state index in [0.717, 1.165) is 4.31 Å². The van der Waals surface area contributed by atoms with E-state index in [1.54, 1.807) is 6.92 Å². The molecule has 0 spiro atoms. The zero-order valence-electron chi connectivity index (χ0n) is 11.6. The normalized spacial score (nSPS) is 11.4. The van der Waals surface area contributed by atoms with Gasteiger partial charge >= 0.3 is 16.2 Å². The first-order valence-electron chi connectivity index (χ1n) is 5.87. The number of phenolic OH excluding ortho intramolecular Hbond substituents is 1. The van der Waals surface area contributed by atoms with Gasteiger partial charge in [-0.25, -0.2) is 0 Å². The van der Waals surface area contributed by atoms with Gasteiger partial charge in [-0.1, -0.05) is 0 Å². The Morgan fingerprint density at radius 1 is 1.45 bits per heavy atom. The molecule has 1 rings (SSSR count). The van der Waals surface area contributed by atoms with Crippen molar-refractivity contribution in [3.63, 3.8) is 0 Å². The van der Waals surface area contributed by atoms with Crippen molar-refractivity contribution in [2.24, 2.45) is 0 Å². The summed E-state index contributed by atoms with van der Waals surface area (Å²) in [5, 5.41) is 9.38. The Bertz CT molecular complexity index is 586. The van der Waals surface area contributed by atoms with E-state index in [-0.39, 0.29) is 18.7 Å². The molecule has 0 atom stereocenters. The molecule has 1 aromatic carbocycles. The van der Waals surface area contributed by atoms with Crippen LogP contribution in [0.3, 0.4) is 0 Å². The topological polar surface area (TPSA) is 95.9 Å². The van der Waals surface area contributed by atoms with Gasteiger partial charge in [-0.05, 0) is 30.7 Å². The zero-order valence-corrected chi connectivity index (χ0v) is 12.4. The summed E-state index contributed by atoms with van der Waals surface area (Å²) >= 11 is 0. The Labute approximate surface area is 118 Å². The van der Waals surface area contributed by atoms with Crippen LogP contribution in [0, 0.1) is 6.92 Å². The van der Waals surface area contributed by atoms with Gasteiger partial charge in [-0.2, -0.15) is 12.7 Å². The fraction of sp³-hybridized carbons (Fsp3) is 0.417. The quantitative estimate of drug-likeness (QED) is 0.600. The lowest BCUT2D eigenvalue weighted by molar-refractivity contribution is -0.140. The van der Waals surface area contributed by atoms with Gasteiger partial charge in [0.1, 0.15) is 5.75 Å². The highest BCUT2D eigenvalue weighted by Crippen LogP contribution is 2.21. The van der Waals surface area contributed by atoms with Gasteiger partial charge in [0.15, 0.2) is 0 Å². The van der Waals surface area contributed by atoms with Crippen LogP contribution in [0.2, 0.25) is 0 Å². The molecular weight excluding hydrogens is 284 g/mol. The number of ether oxygens (including phenoxy) is 1. The van der Waals surface area contributed by atoms with Crippen molar-refractivity contribution in [2.75, 3.05) is 25.4 Å². The van der Waals surface area contributed by atoms with Crippen LogP contribution in [0.4, 0.5) is 5.69 Å². The number of rotatable bonds is 6. The minimum Gasteiger partial charge on any atom is -0.508 e. The molecule has 0 aliphatic heterocycles. The second kappa shape index (κ2) is 6.58. The van der Waals surface area contributed by atoms with Crippen molar-refractivity contribution >= 4 is 21.9 Å². The van der Waals surface area contributed by atoms with Crippen LogP contribution < -0.4 is 4.72 Å². The van der Waals surface area contributed by atoms with Gasteiger partial charge in [0.05, 0.1) is 19.2 Å². The number of nitrogens with one attached hydrogen (secondary N) is 1. The highest BCUT2D eigenvalue weighted by atomic mass is 32.2. The number of phenols is 1. The summed E-state index contributed by atoms with van der Waals surface area (Å²) < 4.78 is 31.8. The third kappa shape index (κ3) is 4.39. The maximum Gasteiger partial charge on any atom is 0.306 e. The molecule has 0 heterocycles. The van der Waals surface area contributed by atoms with E-state index >= 15 is 0 Å². The van der Waals surface area contributed by atoms with Crippen molar-refractivity contribution in [3.05, 3.63) is 23.8 Å². The molecule has 112 valence electrons. The molecule has 2 N–H and O–H groups in total. The number of aromatic hydroxyl groups is 1. The van der Waals surface area contributed by atoms with E-state index in [1.165, 1.54) is 32.4 Å². The lowest BCUT2D eigenvalue weighted by Crippen LogP contribution is -2.34. The maximum absolute atomic E-state index is 12.0. The number of esters is 1. The van der Waals surface area contributed by atoms with Gasteiger partial charge in [0.25, 0.3) is 0 Å². The van der Waals surface area contributed by atoms with Gasteiger partial charge in [0, 0.05) is 13.6 Å². The molecule has 8 heteroatoms. The fourth-order valence-electron chi connectivity index (χ4n) is 1.42. The number of nitrogens with zero attached hydrogens (tertiary/aromatic N) is 1. The number of anilines is 1. The zero-order chi connectivity index (χ0) is 15.3. The minimum atomic E-state index is -3.75. The first-order valence-corrected chi connectivity index (χ1v) is 7.31. The van der Waals surface area contributed by atoms with Crippen LogP contribution in [0.15, 0.2) is 18.2 Å². The molecule has 0 fully saturated rings. The summed E-state index contributed by atoms with van der Waals surface area (Å²) in [6.07, 6.45) is -0.0253. The SMILES string of the molecule is COC(=O)CCN(C)S(=O)(=O)Nc1ccc(O)c(C)c1. The van der Waals surface area contributed by atoms with Crippen molar-refractivity contribution in [3.8, 4) is 5.75 Å². The molecule has 0 amide bonds. The van der Waals surface area contributed by atoms with E-state index in [4.69, 9.17) is 0 Å². The number of benzene rings is 1. The molecule has 20 heavy (non-hydrogen) atoms. The third-order valence-corrected chi connectivity index (χ3v) is 4.21. The van der Waals surface area contributed by atoms with Crippen molar-refractivity contribution in [2.45, 2.75) is 13.3 Å². The van der Waals surface area contributed by atoms with Gasteiger partial charge in [-0.15, -0.1) is 0 Å². The number of hydrogen-bond acceptors (Lipinski definition) is 5. The Balaban J connectivity index is 2.73. The highest BCUT2D eigenvalue weighted by Gasteiger charge is 2.18. The molecule has 0 bridgehead atoms. The maximum atomic E-state index is 12.0. The number of hydrogen-bond donors (Lipinski definition) is 2. The molecule has 0 radical (unpaired) electrons. The summed E-state index contributed by atoms with van der Waals surface area (Å²) in [5.74, 6) is -0.389. The second-order valence-corrected chi connectivity index (χ2v) is 6.03. The van der Waals surface area contributed by atoms with Crippen LogP contribution in [-0.4, -0.2) is 44.5 Å². The highest BCUT2D eigenvalue weighted by molar-refractivity contribution is 7.90. The van der Waals surface area contributed by atoms with Crippen LogP contribution in [0.5, 0.6) is 5.75 Å². The summed E-state index contributed by atoms with van der Waals surface area (Å²) in [6, 6.07) is 4.37. The Morgan fingerprint density at radius 3 is 2.65 bits per heavy atom. The van der Waals surface area contributed by atoms with Crippen molar-refractivity contribution in [1.82, 2.24) is 4.31 Å². The summed E-state index contributed by atoms with van der Waals surface area (Å²) in [6.45, 7) is 1.67. The average Bonchev–Trinajstić information content (AvgIpc) is 2.39. The summed E-state index contributed by atoms with van der Waals surface area (Å²) in [5.41, 5.74) is 0.896. The standard InChI is InChI=1S/C12H18N2O5S/c1-9-8-10(4-5-11(9)15)13-20(17,18)14(2)7-6-12(16)19-3/h4-5,8,13,15H,6-7H2,1-3H3. The number of carbonyl (C=O) groups is 1. The van der Waals surface area contributed by atoms with E-state index in [2.05, 4.69) is 9.46 Å². The average molecular weight is 302 g/mol. The molecule has 0 unspecified atom stereocenters. The predicted molar refractivity (Wildman–Crippen MR) is 74.6 cm³/mol. The molecule has 0 saturated carbocycles. The molecule has 0 aliphatic carbocycles. The second-order valence-electron chi connectivity index (χ2n) is 4.26. The minimum absolute atomic E-state index is 0.0130. The molecule has 0 aliphatic rings. The van der Waals surface area contributed by atoms with Crippen LogP contribution >= 0.6 is 0 Å². The Kier molecular flexibility index (Phi) is 5.34. The number of carbonyl (C=O) groups excluding carboxylic acids is 1. The Hall–Kier alpha value is -1.80. The largest absolute Gasteiger partial charge is 0.508 e. The molecule has 0 aromatic heterocycles. The van der Waals surface area contributed by atoms with Gasteiger partial charge in [-0.3, -0.25) is 9.52 Å². The van der Waals surface area contributed by atoms with Gasteiger partial charge in [0.2, 0.25) is 0 Å². The van der Waals surface area contributed by atoms with E-state index in [1.807, 2.05) is 0 Å². The third-order valence-electron chi connectivity index (χ3n) is 2.71. The lowest BCUT2D eigenvalue weighted by Gasteiger charge is -2.18. The van der Waals surface area contributed by atoms with Crippen LogP contribution in [0.1, 0.15) is 12.0 Å². The monoisotopic (exact) mass is 302 g/mol.